The van der Waals surface area contributed by atoms with Crippen molar-refractivity contribution in [1.29, 1.82) is 0 Å². The number of fused-ring (bicyclic) bond motifs is 3. The average Bonchev–Trinajstić information content (AvgIpc) is 2.71. The maximum absolute atomic E-state index is 14.1. The summed E-state index contributed by atoms with van der Waals surface area (Å²) in [5, 5.41) is 0.999. The van der Waals surface area contributed by atoms with E-state index in [1.54, 1.807) is 48.5 Å². The molecule has 0 atom stereocenters. The molecule has 0 fully saturated rings. The Hall–Kier alpha value is -2.51. The SMILES string of the molecule is COc1nc2ccccc2c2ncc(CSc3ccc(Cl)cc3)c(C(F)(F)F)c12. The number of pyridine rings is 2. The first-order chi connectivity index (χ1) is 13.9. The molecule has 0 bridgehead atoms. The first-order valence-corrected chi connectivity index (χ1v) is 9.94. The lowest BCUT2D eigenvalue weighted by molar-refractivity contribution is -0.136. The highest BCUT2D eigenvalue weighted by Gasteiger charge is 2.37. The summed E-state index contributed by atoms with van der Waals surface area (Å²) in [6.07, 6.45) is -3.30. The summed E-state index contributed by atoms with van der Waals surface area (Å²) in [6, 6.07) is 13.9. The smallest absolute Gasteiger partial charge is 0.417 e. The van der Waals surface area contributed by atoms with Crippen molar-refractivity contribution in [1.82, 2.24) is 9.97 Å². The zero-order chi connectivity index (χ0) is 20.6. The van der Waals surface area contributed by atoms with Crippen LogP contribution < -0.4 is 4.74 Å². The Morgan fingerprint density at radius 2 is 1.79 bits per heavy atom. The van der Waals surface area contributed by atoms with Crippen LogP contribution in [0, 0.1) is 0 Å². The number of ether oxygens (including phenoxy) is 1. The molecule has 4 rings (SSSR count). The predicted molar refractivity (Wildman–Crippen MR) is 110 cm³/mol. The van der Waals surface area contributed by atoms with Crippen molar-refractivity contribution < 1.29 is 17.9 Å². The van der Waals surface area contributed by atoms with Gasteiger partial charge in [0.2, 0.25) is 5.88 Å². The first kappa shape index (κ1) is 19.8. The largest absolute Gasteiger partial charge is 0.480 e. The van der Waals surface area contributed by atoms with Gasteiger partial charge in [-0.1, -0.05) is 29.8 Å². The van der Waals surface area contributed by atoms with Crippen molar-refractivity contribution in [2.45, 2.75) is 16.8 Å². The molecule has 3 nitrogen and oxygen atoms in total. The van der Waals surface area contributed by atoms with Gasteiger partial charge in [0.25, 0.3) is 0 Å². The standard InChI is InChI=1S/C21H14ClF3N2OS/c1-28-20-17-18(21(23,24)25)12(11-29-14-8-6-13(22)7-9-14)10-26-19(17)15-4-2-3-5-16(15)27-20/h2-10H,11H2,1H3. The van der Waals surface area contributed by atoms with Crippen molar-refractivity contribution in [3.63, 3.8) is 0 Å². The molecule has 0 amide bonds. The van der Waals surface area contributed by atoms with Gasteiger partial charge in [0.05, 0.1) is 29.1 Å². The zero-order valence-corrected chi connectivity index (χ0v) is 16.7. The summed E-state index contributed by atoms with van der Waals surface area (Å²) in [7, 11) is 1.31. The van der Waals surface area contributed by atoms with Crippen molar-refractivity contribution in [2.75, 3.05) is 7.11 Å². The fourth-order valence-electron chi connectivity index (χ4n) is 3.17. The minimum atomic E-state index is -4.59. The molecule has 0 spiro atoms. The van der Waals surface area contributed by atoms with Gasteiger partial charge in [-0.25, -0.2) is 4.98 Å². The molecule has 29 heavy (non-hydrogen) atoms. The van der Waals surface area contributed by atoms with E-state index in [9.17, 15) is 13.2 Å². The first-order valence-electron chi connectivity index (χ1n) is 8.58. The molecule has 2 heterocycles. The fourth-order valence-corrected chi connectivity index (χ4v) is 4.17. The van der Waals surface area contributed by atoms with E-state index >= 15 is 0 Å². The molecule has 0 aliphatic rings. The molecule has 2 aromatic carbocycles. The Morgan fingerprint density at radius 3 is 2.48 bits per heavy atom. The molecule has 2 aromatic heterocycles. The minimum absolute atomic E-state index is 0.0698. The van der Waals surface area contributed by atoms with E-state index in [0.29, 0.717) is 15.9 Å². The maximum atomic E-state index is 14.1. The van der Waals surface area contributed by atoms with Crippen LogP contribution in [-0.4, -0.2) is 17.1 Å². The molecular weight excluding hydrogens is 421 g/mol. The van der Waals surface area contributed by atoms with Crippen LogP contribution in [0.25, 0.3) is 21.8 Å². The lowest BCUT2D eigenvalue weighted by Crippen LogP contribution is -2.12. The molecule has 0 aliphatic heterocycles. The molecule has 0 N–H and O–H groups in total. The number of benzene rings is 2. The summed E-state index contributed by atoms with van der Waals surface area (Å²) in [6.45, 7) is 0. The van der Waals surface area contributed by atoms with E-state index in [1.807, 2.05) is 0 Å². The number of alkyl halides is 3. The van der Waals surface area contributed by atoms with Crippen LogP contribution in [-0.2, 0) is 11.9 Å². The molecular formula is C21H14ClF3N2OS. The number of hydrogen-bond acceptors (Lipinski definition) is 4. The number of nitrogens with zero attached hydrogens (tertiary/aromatic N) is 2. The predicted octanol–water partition coefficient (Wildman–Crippen LogP) is 6.76. The van der Waals surface area contributed by atoms with Gasteiger partial charge in [0.1, 0.15) is 0 Å². The van der Waals surface area contributed by atoms with Gasteiger partial charge < -0.3 is 4.74 Å². The second kappa shape index (κ2) is 7.72. The highest BCUT2D eigenvalue weighted by atomic mass is 35.5. The zero-order valence-electron chi connectivity index (χ0n) is 15.1. The Kier molecular flexibility index (Phi) is 5.27. The van der Waals surface area contributed by atoms with E-state index in [1.165, 1.54) is 25.1 Å². The lowest BCUT2D eigenvalue weighted by atomic mass is 10.0. The molecule has 0 unspecified atom stereocenters. The van der Waals surface area contributed by atoms with Crippen LogP contribution >= 0.6 is 23.4 Å². The van der Waals surface area contributed by atoms with Crippen LogP contribution in [0.3, 0.4) is 0 Å². The van der Waals surface area contributed by atoms with E-state index in [4.69, 9.17) is 16.3 Å². The number of rotatable bonds is 4. The molecule has 148 valence electrons. The number of hydrogen-bond donors (Lipinski definition) is 0. The number of aromatic nitrogens is 2. The van der Waals surface area contributed by atoms with Gasteiger partial charge in [-0.05, 0) is 35.9 Å². The number of thioether (sulfide) groups is 1. The molecule has 0 saturated carbocycles. The minimum Gasteiger partial charge on any atom is -0.480 e. The van der Waals surface area contributed by atoms with Crippen LogP contribution in [0.15, 0.2) is 59.6 Å². The van der Waals surface area contributed by atoms with Gasteiger partial charge in [-0.15, -0.1) is 11.8 Å². The molecule has 0 radical (unpaired) electrons. The Bertz CT molecular complexity index is 1200. The lowest BCUT2D eigenvalue weighted by Gasteiger charge is -2.17. The van der Waals surface area contributed by atoms with E-state index in [-0.39, 0.29) is 28.1 Å². The van der Waals surface area contributed by atoms with Gasteiger partial charge in [0.15, 0.2) is 0 Å². The number of halogens is 4. The third-order valence-electron chi connectivity index (χ3n) is 4.44. The van der Waals surface area contributed by atoms with Crippen molar-refractivity contribution in [3.05, 3.63) is 70.9 Å². The van der Waals surface area contributed by atoms with Gasteiger partial charge in [0, 0.05) is 27.3 Å². The third kappa shape index (κ3) is 3.84. The highest BCUT2D eigenvalue weighted by molar-refractivity contribution is 7.98. The second-order valence-corrected chi connectivity index (χ2v) is 7.75. The van der Waals surface area contributed by atoms with E-state index < -0.39 is 11.7 Å². The van der Waals surface area contributed by atoms with Gasteiger partial charge >= 0.3 is 6.18 Å². The van der Waals surface area contributed by atoms with E-state index in [2.05, 4.69) is 9.97 Å². The number of methoxy groups -OCH3 is 1. The van der Waals surface area contributed by atoms with Crippen molar-refractivity contribution in [3.8, 4) is 5.88 Å². The van der Waals surface area contributed by atoms with E-state index in [0.717, 1.165) is 4.90 Å². The summed E-state index contributed by atoms with van der Waals surface area (Å²) in [4.78, 5) is 9.46. The number of para-hydroxylation sites is 1. The van der Waals surface area contributed by atoms with Crippen molar-refractivity contribution in [2.24, 2.45) is 0 Å². The molecule has 0 saturated heterocycles. The fraction of sp³-hybridized carbons (Fsp3) is 0.143. The summed E-state index contributed by atoms with van der Waals surface area (Å²) >= 11 is 7.15. The average molecular weight is 435 g/mol. The normalized spacial score (nSPS) is 11.9. The molecule has 0 aliphatic carbocycles. The molecule has 4 aromatic rings. The van der Waals surface area contributed by atoms with Crippen LogP contribution in [0.2, 0.25) is 5.02 Å². The van der Waals surface area contributed by atoms with Crippen LogP contribution in [0.1, 0.15) is 11.1 Å². The van der Waals surface area contributed by atoms with Crippen LogP contribution in [0.5, 0.6) is 5.88 Å². The van der Waals surface area contributed by atoms with Gasteiger partial charge in [-0.3, -0.25) is 4.98 Å². The summed E-state index contributed by atoms with van der Waals surface area (Å²) in [5.41, 5.74) is 0.0557. The topological polar surface area (TPSA) is 35.0 Å². The monoisotopic (exact) mass is 434 g/mol. The van der Waals surface area contributed by atoms with Crippen LogP contribution in [0.4, 0.5) is 13.2 Å². The maximum Gasteiger partial charge on any atom is 0.417 e. The molecule has 8 heteroatoms. The Balaban J connectivity index is 1.91. The quantitative estimate of drug-likeness (QED) is 0.262. The second-order valence-electron chi connectivity index (χ2n) is 6.26. The summed E-state index contributed by atoms with van der Waals surface area (Å²) < 4.78 is 47.6. The van der Waals surface area contributed by atoms with Crippen molar-refractivity contribution >= 4 is 45.2 Å². The summed E-state index contributed by atoms with van der Waals surface area (Å²) in [5.74, 6) is 0.00642. The third-order valence-corrected chi connectivity index (χ3v) is 5.75. The van der Waals surface area contributed by atoms with Gasteiger partial charge in [-0.2, -0.15) is 13.2 Å². The Labute approximate surface area is 173 Å². The Morgan fingerprint density at radius 1 is 1.07 bits per heavy atom. The highest BCUT2D eigenvalue weighted by Crippen LogP contribution is 2.43.